The van der Waals surface area contributed by atoms with Crippen LogP contribution in [0.5, 0.6) is 0 Å². The van der Waals surface area contributed by atoms with Crippen LogP contribution >= 0.6 is 0 Å². The summed E-state index contributed by atoms with van der Waals surface area (Å²) in [6.45, 7) is 13.5. The number of nitrogens with one attached hydrogen (secondary N) is 1. The van der Waals surface area contributed by atoms with E-state index in [0.29, 0.717) is 38.4 Å². The monoisotopic (exact) mass is 438 g/mol. The second-order valence-corrected chi connectivity index (χ2v) is 10.5. The summed E-state index contributed by atoms with van der Waals surface area (Å²) < 4.78 is 5.36. The molecule has 2 N–H and O–H groups in total. The zero-order valence-electron chi connectivity index (χ0n) is 19.7. The van der Waals surface area contributed by atoms with Gasteiger partial charge in [0.15, 0.2) is 0 Å². The van der Waals surface area contributed by atoms with Crippen LogP contribution in [0.3, 0.4) is 0 Å². The summed E-state index contributed by atoms with van der Waals surface area (Å²) in [5, 5.41) is 14.2. The lowest BCUT2D eigenvalue weighted by Crippen LogP contribution is -2.54. The largest absolute Gasteiger partial charge is 0.460 e. The minimum atomic E-state index is -0.992. The van der Waals surface area contributed by atoms with Gasteiger partial charge in [0.2, 0.25) is 5.91 Å². The first-order chi connectivity index (χ1) is 14.6. The summed E-state index contributed by atoms with van der Waals surface area (Å²) in [6, 6.07) is 0.672. The van der Waals surface area contributed by atoms with Crippen LogP contribution in [-0.4, -0.2) is 108 Å². The lowest BCUT2D eigenvalue weighted by atomic mass is 9.88. The zero-order chi connectivity index (χ0) is 22.5. The van der Waals surface area contributed by atoms with Crippen LogP contribution in [0, 0.1) is 0 Å². The van der Waals surface area contributed by atoms with Crippen LogP contribution in [0.4, 0.5) is 0 Å². The molecule has 1 amide bonds. The van der Waals surface area contributed by atoms with Crippen molar-refractivity contribution in [2.24, 2.45) is 0 Å². The normalized spacial score (nSPS) is 24.2. The average Bonchev–Trinajstić information content (AvgIpc) is 2.72. The highest BCUT2D eigenvalue weighted by molar-refractivity contribution is 5.76. The van der Waals surface area contributed by atoms with Gasteiger partial charge in [0.25, 0.3) is 0 Å². The van der Waals surface area contributed by atoms with Crippen molar-refractivity contribution in [2.75, 3.05) is 58.9 Å². The molecule has 3 saturated heterocycles. The Morgan fingerprint density at radius 3 is 2.23 bits per heavy atom. The Hall–Kier alpha value is -1.22. The molecule has 0 atom stereocenters. The van der Waals surface area contributed by atoms with Crippen molar-refractivity contribution in [3.05, 3.63) is 0 Å². The number of nitrogens with zero attached hydrogens (tertiary/aromatic N) is 3. The van der Waals surface area contributed by atoms with E-state index in [1.807, 2.05) is 25.7 Å². The number of likely N-dealkylation sites (tertiary alicyclic amines) is 1. The van der Waals surface area contributed by atoms with E-state index in [9.17, 15) is 14.7 Å². The molecule has 0 aromatic carbocycles. The van der Waals surface area contributed by atoms with Crippen molar-refractivity contribution < 1.29 is 19.4 Å². The molecule has 0 aliphatic carbocycles. The van der Waals surface area contributed by atoms with E-state index in [4.69, 9.17) is 4.74 Å². The van der Waals surface area contributed by atoms with Crippen molar-refractivity contribution >= 4 is 11.9 Å². The summed E-state index contributed by atoms with van der Waals surface area (Å²) in [7, 11) is 0. The van der Waals surface area contributed by atoms with Crippen LogP contribution < -0.4 is 5.32 Å². The molecule has 0 unspecified atom stereocenters. The molecule has 0 bridgehead atoms. The third-order valence-electron chi connectivity index (χ3n) is 6.81. The lowest BCUT2D eigenvalue weighted by Gasteiger charge is -2.41. The molecule has 0 radical (unpaired) electrons. The summed E-state index contributed by atoms with van der Waals surface area (Å²) in [5.74, 6) is -0.109. The van der Waals surface area contributed by atoms with Crippen molar-refractivity contribution in [1.29, 1.82) is 0 Å². The van der Waals surface area contributed by atoms with Crippen LogP contribution in [0.15, 0.2) is 0 Å². The Kier molecular flexibility index (Phi) is 8.35. The highest BCUT2D eigenvalue weighted by atomic mass is 16.6. The molecule has 3 fully saturated rings. The number of esters is 1. The number of hydrogen-bond donors (Lipinski definition) is 2. The number of carbonyl (C=O) groups excluding carboxylic acids is 2. The maximum absolute atomic E-state index is 12.7. The average molecular weight is 439 g/mol. The SMILES string of the molecule is CC(C)(C)OC(=O)CC1(O)CCN(CCC(=O)N2CCN(C3CCNCC3)CC2)CC1. The van der Waals surface area contributed by atoms with Crippen molar-refractivity contribution in [2.45, 2.75) is 76.5 Å². The third kappa shape index (κ3) is 7.70. The van der Waals surface area contributed by atoms with Crippen molar-refractivity contribution in [1.82, 2.24) is 20.0 Å². The molecule has 3 heterocycles. The van der Waals surface area contributed by atoms with Gasteiger partial charge in [0, 0.05) is 58.3 Å². The molecule has 3 aliphatic heterocycles. The summed E-state index contributed by atoms with van der Waals surface area (Å²) in [5.41, 5.74) is -1.53. The molecule has 8 nitrogen and oxygen atoms in total. The van der Waals surface area contributed by atoms with Gasteiger partial charge in [-0.15, -0.1) is 0 Å². The predicted molar refractivity (Wildman–Crippen MR) is 120 cm³/mol. The van der Waals surface area contributed by atoms with E-state index in [0.717, 1.165) is 45.8 Å². The second kappa shape index (κ2) is 10.6. The number of carbonyl (C=O) groups is 2. The maximum Gasteiger partial charge on any atom is 0.309 e. The maximum atomic E-state index is 12.7. The van der Waals surface area contributed by atoms with Gasteiger partial charge in [-0.2, -0.15) is 0 Å². The minimum absolute atomic E-state index is 0.0401. The van der Waals surface area contributed by atoms with E-state index < -0.39 is 11.2 Å². The number of rotatable bonds is 6. The van der Waals surface area contributed by atoms with Gasteiger partial charge in [-0.1, -0.05) is 0 Å². The first-order valence-corrected chi connectivity index (χ1v) is 12.0. The van der Waals surface area contributed by atoms with Crippen molar-refractivity contribution in [3.8, 4) is 0 Å². The Morgan fingerprint density at radius 1 is 1.03 bits per heavy atom. The molecule has 178 valence electrons. The standard InChI is InChI=1S/C23H42N4O4/c1-22(2,3)31-21(29)18-23(30)7-12-25(13-8-23)11-6-20(28)27-16-14-26(15-17-27)19-4-9-24-10-5-19/h19,24,30H,4-18H2,1-3H3. The van der Waals surface area contributed by atoms with Crippen molar-refractivity contribution in [3.63, 3.8) is 0 Å². The number of piperazine rings is 1. The van der Waals surface area contributed by atoms with Gasteiger partial charge < -0.3 is 25.0 Å². The molecule has 0 aromatic heterocycles. The molecule has 0 saturated carbocycles. The molecule has 31 heavy (non-hydrogen) atoms. The van der Waals surface area contributed by atoms with Gasteiger partial charge in [0.1, 0.15) is 5.60 Å². The van der Waals surface area contributed by atoms with E-state index in [2.05, 4.69) is 15.1 Å². The van der Waals surface area contributed by atoms with E-state index in [1.54, 1.807) is 0 Å². The van der Waals surface area contributed by atoms with E-state index in [-0.39, 0.29) is 18.3 Å². The zero-order valence-corrected chi connectivity index (χ0v) is 19.7. The Bertz CT molecular complexity index is 599. The topological polar surface area (TPSA) is 85.3 Å². The third-order valence-corrected chi connectivity index (χ3v) is 6.81. The highest BCUT2D eigenvalue weighted by Crippen LogP contribution is 2.27. The second-order valence-electron chi connectivity index (χ2n) is 10.5. The van der Waals surface area contributed by atoms with E-state index >= 15 is 0 Å². The Morgan fingerprint density at radius 2 is 1.65 bits per heavy atom. The minimum Gasteiger partial charge on any atom is -0.460 e. The fourth-order valence-corrected chi connectivity index (χ4v) is 4.94. The first-order valence-electron chi connectivity index (χ1n) is 12.0. The van der Waals surface area contributed by atoms with Gasteiger partial charge in [-0.05, 0) is 59.5 Å². The molecule has 0 spiro atoms. The molecular weight excluding hydrogens is 396 g/mol. The highest BCUT2D eigenvalue weighted by Gasteiger charge is 2.36. The molecule has 8 heteroatoms. The summed E-state index contributed by atoms with van der Waals surface area (Å²) in [6.07, 6.45) is 4.06. The predicted octanol–water partition coefficient (Wildman–Crippen LogP) is 0.831. The van der Waals surface area contributed by atoms with E-state index in [1.165, 1.54) is 12.8 Å². The smallest absolute Gasteiger partial charge is 0.309 e. The van der Waals surface area contributed by atoms with Gasteiger partial charge in [-0.25, -0.2) is 0 Å². The quantitative estimate of drug-likeness (QED) is 0.594. The Labute approximate surface area is 187 Å². The molecule has 3 rings (SSSR count). The fraction of sp³-hybridized carbons (Fsp3) is 0.913. The van der Waals surface area contributed by atoms with Crippen LogP contribution in [0.1, 0.15) is 59.3 Å². The number of aliphatic hydroxyl groups is 1. The van der Waals surface area contributed by atoms with Crippen LogP contribution in [0.25, 0.3) is 0 Å². The molecule has 0 aromatic rings. The molecule has 3 aliphatic rings. The Balaban J connectivity index is 1.33. The number of piperidine rings is 2. The summed E-state index contributed by atoms with van der Waals surface area (Å²) in [4.78, 5) is 31.6. The molecular formula is C23H42N4O4. The number of amides is 1. The number of ether oxygens (including phenoxy) is 1. The summed E-state index contributed by atoms with van der Waals surface area (Å²) >= 11 is 0. The van der Waals surface area contributed by atoms with Crippen LogP contribution in [0.2, 0.25) is 0 Å². The number of hydrogen-bond acceptors (Lipinski definition) is 7. The van der Waals surface area contributed by atoms with Gasteiger partial charge >= 0.3 is 5.97 Å². The fourth-order valence-electron chi connectivity index (χ4n) is 4.94. The van der Waals surface area contributed by atoms with Crippen LogP contribution in [-0.2, 0) is 14.3 Å². The van der Waals surface area contributed by atoms with Gasteiger partial charge in [-0.3, -0.25) is 14.5 Å². The lowest BCUT2D eigenvalue weighted by molar-refractivity contribution is -0.162. The first kappa shape index (κ1) is 24.4. The van der Waals surface area contributed by atoms with Gasteiger partial charge in [0.05, 0.1) is 12.0 Å².